The topological polar surface area (TPSA) is 65.2 Å². The molecule has 0 bridgehead atoms. The number of fused-ring (bicyclic) bond motifs is 1. The van der Waals surface area contributed by atoms with Gasteiger partial charge in [0.2, 0.25) is 5.91 Å². The van der Waals surface area contributed by atoms with Crippen LogP contribution in [0, 0.1) is 0 Å². The van der Waals surface area contributed by atoms with E-state index in [1.165, 1.54) is 12.8 Å². The van der Waals surface area contributed by atoms with E-state index in [0.717, 1.165) is 24.2 Å². The number of likely N-dealkylation sites (tertiary alicyclic amines) is 1. The molecule has 5 heteroatoms. The Morgan fingerprint density at radius 2 is 2.05 bits per heavy atom. The summed E-state index contributed by atoms with van der Waals surface area (Å²) < 4.78 is 0. The number of pyridine rings is 1. The molecule has 1 fully saturated rings. The minimum atomic E-state index is -0.113. The van der Waals surface area contributed by atoms with Gasteiger partial charge in [-0.2, -0.15) is 0 Å². The number of benzene rings is 1. The third-order valence-corrected chi connectivity index (χ3v) is 3.62. The Kier molecular flexibility index (Phi) is 3.52. The predicted molar refractivity (Wildman–Crippen MR) is 78.9 cm³/mol. The first-order chi connectivity index (χ1) is 9.72. The molecule has 3 rings (SSSR count). The fourth-order valence-corrected chi connectivity index (χ4v) is 2.61. The zero-order valence-electron chi connectivity index (χ0n) is 11.2. The number of carbonyl (C=O) groups is 1. The number of anilines is 1. The van der Waals surface area contributed by atoms with Gasteiger partial charge < -0.3 is 10.3 Å². The van der Waals surface area contributed by atoms with E-state index in [-0.39, 0.29) is 11.5 Å². The van der Waals surface area contributed by atoms with Crippen LogP contribution in [0.5, 0.6) is 0 Å². The number of amides is 1. The summed E-state index contributed by atoms with van der Waals surface area (Å²) in [5, 5.41) is 4.34. The van der Waals surface area contributed by atoms with E-state index in [4.69, 9.17) is 0 Å². The maximum atomic E-state index is 12.0. The van der Waals surface area contributed by atoms with Gasteiger partial charge in [-0.3, -0.25) is 14.5 Å². The molecule has 20 heavy (non-hydrogen) atoms. The summed E-state index contributed by atoms with van der Waals surface area (Å²) in [6, 6.07) is 7.15. The number of nitrogens with one attached hydrogen (secondary N) is 2. The third kappa shape index (κ3) is 2.72. The molecule has 1 aromatic heterocycles. The summed E-state index contributed by atoms with van der Waals surface area (Å²) in [5.74, 6) is -0.00362. The monoisotopic (exact) mass is 271 g/mol. The van der Waals surface area contributed by atoms with Crippen molar-refractivity contribution < 1.29 is 4.79 Å². The Bertz CT molecular complexity index is 687. The van der Waals surface area contributed by atoms with E-state index >= 15 is 0 Å². The molecule has 0 saturated carbocycles. The van der Waals surface area contributed by atoms with Gasteiger partial charge in [0.15, 0.2) is 0 Å². The summed E-state index contributed by atoms with van der Waals surface area (Å²) >= 11 is 0. The molecule has 1 aliphatic heterocycles. The van der Waals surface area contributed by atoms with E-state index in [0.29, 0.717) is 11.9 Å². The van der Waals surface area contributed by atoms with E-state index in [1.54, 1.807) is 18.3 Å². The van der Waals surface area contributed by atoms with Crippen molar-refractivity contribution in [1.82, 2.24) is 9.88 Å². The second-order valence-electron chi connectivity index (χ2n) is 5.14. The Morgan fingerprint density at radius 3 is 2.85 bits per heavy atom. The molecule has 1 saturated heterocycles. The van der Waals surface area contributed by atoms with Crippen LogP contribution in [-0.4, -0.2) is 35.4 Å². The molecule has 1 aromatic carbocycles. The largest absolute Gasteiger partial charge is 0.329 e. The third-order valence-electron chi connectivity index (χ3n) is 3.62. The van der Waals surface area contributed by atoms with Crippen LogP contribution < -0.4 is 10.9 Å². The van der Waals surface area contributed by atoms with Crippen LogP contribution in [0.15, 0.2) is 35.3 Å². The molecule has 0 spiro atoms. The zero-order valence-corrected chi connectivity index (χ0v) is 11.2. The van der Waals surface area contributed by atoms with E-state index in [1.807, 2.05) is 12.1 Å². The molecule has 2 N–H and O–H groups in total. The highest BCUT2D eigenvalue weighted by Gasteiger charge is 2.15. The normalized spacial score (nSPS) is 15.6. The maximum Gasteiger partial charge on any atom is 0.255 e. The van der Waals surface area contributed by atoms with Crippen molar-refractivity contribution in [2.24, 2.45) is 0 Å². The number of aromatic amines is 1. The number of carbonyl (C=O) groups excluding carboxylic acids is 1. The summed E-state index contributed by atoms with van der Waals surface area (Å²) in [6.45, 7) is 2.44. The Morgan fingerprint density at radius 1 is 1.25 bits per heavy atom. The molecular formula is C15H17N3O2. The van der Waals surface area contributed by atoms with Gasteiger partial charge in [0, 0.05) is 17.3 Å². The summed E-state index contributed by atoms with van der Waals surface area (Å²) in [7, 11) is 0. The van der Waals surface area contributed by atoms with Gasteiger partial charge in [-0.15, -0.1) is 0 Å². The van der Waals surface area contributed by atoms with Gasteiger partial charge in [0.05, 0.1) is 6.54 Å². The zero-order chi connectivity index (χ0) is 13.9. The maximum absolute atomic E-state index is 12.0. The van der Waals surface area contributed by atoms with Crippen LogP contribution in [0.3, 0.4) is 0 Å². The SMILES string of the molecule is O=C(CN1CCCC1)Nc1ccc2c(=O)[nH]ccc2c1. The highest BCUT2D eigenvalue weighted by atomic mass is 16.2. The van der Waals surface area contributed by atoms with Crippen LogP contribution in [0.2, 0.25) is 0 Å². The number of rotatable bonds is 3. The Balaban J connectivity index is 1.74. The van der Waals surface area contributed by atoms with E-state index < -0.39 is 0 Å². The lowest BCUT2D eigenvalue weighted by Crippen LogP contribution is -2.30. The standard InChI is InChI=1S/C15H17N3O2/c19-14(10-18-7-1-2-8-18)17-12-3-4-13-11(9-12)5-6-16-15(13)20/h3-6,9H,1-2,7-8,10H2,(H,16,20)(H,17,19). The summed E-state index contributed by atoms with van der Waals surface area (Å²) in [6.07, 6.45) is 3.96. The molecule has 2 aromatic rings. The average molecular weight is 271 g/mol. The molecule has 0 aliphatic carbocycles. The summed E-state index contributed by atoms with van der Waals surface area (Å²) in [5.41, 5.74) is 0.616. The fourth-order valence-electron chi connectivity index (χ4n) is 2.61. The molecular weight excluding hydrogens is 254 g/mol. The minimum absolute atomic E-state index is 0.00362. The molecule has 1 amide bonds. The second-order valence-corrected chi connectivity index (χ2v) is 5.14. The molecule has 0 unspecified atom stereocenters. The van der Waals surface area contributed by atoms with Crippen molar-refractivity contribution >= 4 is 22.4 Å². The van der Waals surface area contributed by atoms with Gasteiger partial charge in [0.25, 0.3) is 5.56 Å². The number of hydrogen-bond acceptors (Lipinski definition) is 3. The average Bonchev–Trinajstić information content (AvgIpc) is 2.91. The summed E-state index contributed by atoms with van der Waals surface area (Å²) in [4.78, 5) is 28.3. The first-order valence-electron chi connectivity index (χ1n) is 6.86. The van der Waals surface area contributed by atoms with Gasteiger partial charge in [-0.05, 0) is 55.6 Å². The highest BCUT2D eigenvalue weighted by molar-refractivity contribution is 5.95. The van der Waals surface area contributed by atoms with Crippen LogP contribution >= 0.6 is 0 Å². The molecule has 0 radical (unpaired) electrons. The van der Waals surface area contributed by atoms with Crippen molar-refractivity contribution in [3.05, 3.63) is 40.8 Å². The number of nitrogens with zero attached hydrogens (tertiary/aromatic N) is 1. The quantitative estimate of drug-likeness (QED) is 0.890. The van der Waals surface area contributed by atoms with Crippen LogP contribution in [0.25, 0.3) is 10.8 Å². The van der Waals surface area contributed by atoms with E-state index in [9.17, 15) is 9.59 Å². The second kappa shape index (κ2) is 5.46. The van der Waals surface area contributed by atoms with Gasteiger partial charge in [0.1, 0.15) is 0 Å². The van der Waals surface area contributed by atoms with Crippen LogP contribution in [0.4, 0.5) is 5.69 Å². The number of aromatic nitrogens is 1. The van der Waals surface area contributed by atoms with Crippen molar-refractivity contribution in [3.8, 4) is 0 Å². The number of hydrogen-bond donors (Lipinski definition) is 2. The molecule has 2 heterocycles. The van der Waals surface area contributed by atoms with Crippen molar-refractivity contribution in [2.45, 2.75) is 12.8 Å². The van der Waals surface area contributed by atoms with Gasteiger partial charge >= 0.3 is 0 Å². The Labute approximate surface area is 116 Å². The van der Waals surface area contributed by atoms with Crippen molar-refractivity contribution in [1.29, 1.82) is 0 Å². The molecule has 1 aliphatic rings. The number of H-pyrrole nitrogens is 1. The predicted octanol–water partition coefficient (Wildman–Crippen LogP) is 1.56. The van der Waals surface area contributed by atoms with Gasteiger partial charge in [-0.1, -0.05) is 0 Å². The van der Waals surface area contributed by atoms with Crippen molar-refractivity contribution in [3.63, 3.8) is 0 Å². The highest BCUT2D eigenvalue weighted by Crippen LogP contribution is 2.16. The van der Waals surface area contributed by atoms with E-state index in [2.05, 4.69) is 15.2 Å². The van der Waals surface area contributed by atoms with Crippen molar-refractivity contribution in [2.75, 3.05) is 25.0 Å². The van der Waals surface area contributed by atoms with Gasteiger partial charge in [-0.25, -0.2) is 0 Å². The lowest BCUT2D eigenvalue weighted by atomic mass is 10.1. The molecule has 5 nitrogen and oxygen atoms in total. The Hall–Kier alpha value is -2.14. The molecule has 0 atom stereocenters. The van der Waals surface area contributed by atoms with Crippen LogP contribution in [0.1, 0.15) is 12.8 Å². The first kappa shape index (κ1) is 12.9. The fraction of sp³-hybridized carbons (Fsp3) is 0.333. The van der Waals surface area contributed by atoms with Crippen LogP contribution in [-0.2, 0) is 4.79 Å². The molecule has 104 valence electrons. The smallest absolute Gasteiger partial charge is 0.255 e. The lowest BCUT2D eigenvalue weighted by Gasteiger charge is -2.14. The lowest BCUT2D eigenvalue weighted by molar-refractivity contribution is -0.117. The first-order valence-corrected chi connectivity index (χ1v) is 6.86. The minimum Gasteiger partial charge on any atom is -0.329 e.